The van der Waals surface area contributed by atoms with E-state index in [4.69, 9.17) is 9.57 Å². The van der Waals surface area contributed by atoms with E-state index in [9.17, 15) is 27.2 Å². The molecule has 0 fully saturated rings. The zero-order chi connectivity index (χ0) is 28.6. The molecule has 0 bridgehead atoms. The van der Waals surface area contributed by atoms with Crippen molar-refractivity contribution >= 4 is 44.8 Å². The second kappa shape index (κ2) is 10.2. The molecular weight excluding hydrogens is 515 g/mol. The van der Waals surface area contributed by atoms with Crippen molar-refractivity contribution in [2.75, 3.05) is 9.79 Å². The number of hydrogen-bond acceptors (Lipinski definition) is 7. The Balaban J connectivity index is 2.12. The number of carbonyl (C=O) groups is 3. The standard InChI is InChI=1S/C27H31FN2O7S/c1-8-21(36-24(32)26(2,3)4)22-19-13-12-17(29-38(34,35)18-11-9-10-16(28)14-18)15-20(19)30(23(22)31)37-25(33)27(5,6)7/h9-15,29H,8H2,1-7H3/b22-21-. The van der Waals surface area contributed by atoms with Gasteiger partial charge >= 0.3 is 11.9 Å². The van der Waals surface area contributed by atoms with Gasteiger partial charge in [0.05, 0.1) is 32.7 Å². The van der Waals surface area contributed by atoms with Gasteiger partial charge in [-0.25, -0.2) is 17.6 Å². The lowest BCUT2D eigenvalue weighted by Gasteiger charge is -2.22. The van der Waals surface area contributed by atoms with Crippen LogP contribution in [0.3, 0.4) is 0 Å². The fraction of sp³-hybridized carbons (Fsp3) is 0.370. The van der Waals surface area contributed by atoms with Crippen molar-refractivity contribution in [1.82, 2.24) is 0 Å². The molecule has 38 heavy (non-hydrogen) atoms. The average Bonchev–Trinajstić information content (AvgIpc) is 3.06. The largest absolute Gasteiger partial charge is 0.430 e. The Hall–Kier alpha value is -3.73. The van der Waals surface area contributed by atoms with Gasteiger partial charge in [0.15, 0.2) is 0 Å². The number of hydrogen-bond donors (Lipinski definition) is 1. The van der Waals surface area contributed by atoms with Crippen molar-refractivity contribution in [3.05, 3.63) is 59.6 Å². The second-order valence-electron chi connectivity index (χ2n) is 10.8. The summed E-state index contributed by atoms with van der Waals surface area (Å²) in [6.07, 6.45) is 0.178. The molecule has 0 unspecified atom stereocenters. The molecule has 3 rings (SSSR count). The smallest absolute Gasteiger partial charge is 0.338 e. The van der Waals surface area contributed by atoms with Crippen molar-refractivity contribution in [2.24, 2.45) is 10.8 Å². The minimum absolute atomic E-state index is 0.0151. The Morgan fingerprint density at radius 1 is 0.974 bits per heavy atom. The van der Waals surface area contributed by atoms with Crippen LogP contribution < -0.4 is 9.79 Å². The average molecular weight is 547 g/mol. The lowest BCUT2D eigenvalue weighted by atomic mass is 9.97. The van der Waals surface area contributed by atoms with Crippen LogP contribution in [-0.4, -0.2) is 26.3 Å². The maximum atomic E-state index is 13.6. The number of benzene rings is 2. The van der Waals surface area contributed by atoms with E-state index in [0.29, 0.717) is 0 Å². The van der Waals surface area contributed by atoms with E-state index in [-0.39, 0.29) is 39.6 Å². The molecule has 0 spiro atoms. The Morgan fingerprint density at radius 2 is 1.61 bits per heavy atom. The quantitative estimate of drug-likeness (QED) is 0.301. The highest BCUT2D eigenvalue weighted by molar-refractivity contribution is 7.92. The van der Waals surface area contributed by atoms with Crippen LogP contribution in [0.5, 0.6) is 0 Å². The number of rotatable bonds is 6. The number of nitrogens with zero attached hydrogens (tertiary/aromatic N) is 1. The number of hydroxylamine groups is 1. The molecule has 0 saturated heterocycles. The van der Waals surface area contributed by atoms with Crippen LogP contribution in [0.4, 0.5) is 15.8 Å². The molecule has 2 aromatic rings. The maximum absolute atomic E-state index is 13.6. The van der Waals surface area contributed by atoms with Crippen LogP contribution >= 0.6 is 0 Å². The summed E-state index contributed by atoms with van der Waals surface area (Å²) in [5, 5.41) is 0.763. The molecule has 0 saturated carbocycles. The molecule has 204 valence electrons. The zero-order valence-corrected chi connectivity index (χ0v) is 23.2. The van der Waals surface area contributed by atoms with Crippen LogP contribution in [-0.2, 0) is 34.0 Å². The number of nitrogens with one attached hydrogen (secondary N) is 1. The molecule has 1 aliphatic heterocycles. The van der Waals surface area contributed by atoms with E-state index in [1.807, 2.05) is 0 Å². The SMILES string of the molecule is CC/C(OC(=O)C(C)(C)C)=C1/C(=O)N(OC(=O)C(C)(C)C)c2cc(NS(=O)(=O)c3cccc(F)c3)ccc21. The normalized spacial score (nSPS) is 15.2. The molecule has 11 heteroatoms. The third kappa shape index (κ3) is 6.04. The number of allylic oxidation sites excluding steroid dienone is 1. The topological polar surface area (TPSA) is 119 Å². The van der Waals surface area contributed by atoms with E-state index in [1.54, 1.807) is 48.5 Å². The number of amides is 1. The fourth-order valence-electron chi connectivity index (χ4n) is 3.29. The molecule has 9 nitrogen and oxygen atoms in total. The van der Waals surface area contributed by atoms with Crippen LogP contribution in [0.15, 0.2) is 53.1 Å². The predicted molar refractivity (Wildman–Crippen MR) is 139 cm³/mol. The number of fused-ring (bicyclic) bond motifs is 1. The van der Waals surface area contributed by atoms with Gasteiger partial charge in [-0.15, -0.1) is 5.06 Å². The summed E-state index contributed by atoms with van der Waals surface area (Å²) in [6, 6.07) is 8.65. The highest BCUT2D eigenvalue weighted by Gasteiger charge is 2.41. The van der Waals surface area contributed by atoms with Crippen LogP contribution in [0.25, 0.3) is 5.57 Å². The Kier molecular flexibility index (Phi) is 7.74. The van der Waals surface area contributed by atoms with Crippen molar-refractivity contribution in [1.29, 1.82) is 0 Å². The molecule has 0 aliphatic carbocycles. The maximum Gasteiger partial charge on any atom is 0.338 e. The second-order valence-corrected chi connectivity index (χ2v) is 12.5. The van der Waals surface area contributed by atoms with Gasteiger partial charge in [0.2, 0.25) is 0 Å². The number of sulfonamides is 1. The summed E-state index contributed by atoms with van der Waals surface area (Å²) < 4.78 is 47.2. The highest BCUT2D eigenvalue weighted by atomic mass is 32.2. The van der Waals surface area contributed by atoms with Crippen molar-refractivity contribution in [3.8, 4) is 0 Å². The van der Waals surface area contributed by atoms with Gasteiger partial charge in [0, 0.05) is 12.0 Å². The van der Waals surface area contributed by atoms with E-state index in [1.165, 1.54) is 30.3 Å². The summed E-state index contributed by atoms with van der Waals surface area (Å²) in [5.41, 5.74) is -1.41. The van der Waals surface area contributed by atoms with Gasteiger partial charge in [-0.05, 0) is 77.9 Å². The Morgan fingerprint density at radius 3 is 2.16 bits per heavy atom. The van der Waals surface area contributed by atoms with E-state index < -0.39 is 44.5 Å². The molecule has 0 radical (unpaired) electrons. The van der Waals surface area contributed by atoms with E-state index in [2.05, 4.69) is 4.72 Å². The lowest BCUT2D eigenvalue weighted by Crippen LogP contribution is -2.35. The Bertz CT molecular complexity index is 1430. The molecule has 1 heterocycles. The third-order valence-electron chi connectivity index (χ3n) is 5.46. The molecule has 1 N–H and O–H groups in total. The molecule has 2 aromatic carbocycles. The van der Waals surface area contributed by atoms with E-state index in [0.717, 1.165) is 17.2 Å². The third-order valence-corrected chi connectivity index (χ3v) is 6.84. The number of carbonyl (C=O) groups excluding carboxylic acids is 3. The molecule has 0 atom stereocenters. The number of anilines is 2. The highest BCUT2D eigenvalue weighted by Crippen LogP contribution is 2.42. The van der Waals surface area contributed by atoms with Gasteiger partial charge in [0.1, 0.15) is 11.6 Å². The fourth-order valence-corrected chi connectivity index (χ4v) is 4.37. The first kappa shape index (κ1) is 28.8. The summed E-state index contributed by atoms with van der Waals surface area (Å²) >= 11 is 0. The number of halogens is 1. The first-order chi connectivity index (χ1) is 17.5. The first-order valence-electron chi connectivity index (χ1n) is 11.9. The number of ether oxygens (including phenoxy) is 1. The summed E-state index contributed by atoms with van der Waals surface area (Å²) in [7, 11) is -4.18. The minimum Gasteiger partial charge on any atom is -0.430 e. The molecule has 1 amide bonds. The minimum atomic E-state index is -4.18. The molecule has 1 aliphatic rings. The van der Waals surface area contributed by atoms with Gasteiger partial charge < -0.3 is 9.57 Å². The van der Waals surface area contributed by atoms with Crippen molar-refractivity contribution in [3.63, 3.8) is 0 Å². The Labute approximate surface area is 221 Å². The first-order valence-corrected chi connectivity index (χ1v) is 13.4. The predicted octanol–water partition coefficient (Wildman–Crippen LogP) is 5.19. The van der Waals surface area contributed by atoms with Crippen LogP contribution in [0.1, 0.15) is 60.5 Å². The van der Waals surface area contributed by atoms with Crippen LogP contribution in [0, 0.1) is 16.6 Å². The monoisotopic (exact) mass is 546 g/mol. The van der Waals surface area contributed by atoms with Gasteiger partial charge in [-0.2, -0.15) is 0 Å². The zero-order valence-electron chi connectivity index (χ0n) is 22.3. The van der Waals surface area contributed by atoms with Gasteiger partial charge in [-0.1, -0.05) is 13.0 Å². The van der Waals surface area contributed by atoms with Crippen molar-refractivity contribution < 1.29 is 36.8 Å². The summed E-state index contributed by atoms with van der Waals surface area (Å²) in [6.45, 7) is 11.6. The van der Waals surface area contributed by atoms with Gasteiger partial charge in [-0.3, -0.25) is 14.3 Å². The van der Waals surface area contributed by atoms with E-state index >= 15 is 0 Å². The molecule has 0 aromatic heterocycles. The number of esters is 1. The van der Waals surface area contributed by atoms with Crippen molar-refractivity contribution in [2.45, 2.75) is 59.8 Å². The van der Waals surface area contributed by atoms with Gasteiger partial charge in [0.25, 0.3) is 15.9 Å². The summed E-state index contributed by atoms with van der Waals surface area (Å²) in [4.78, 5) is 44.0. The molecular formula is C27H31FN2O7S. The summed E-state index contributed by atoms with van der Waals surface area (Å²) in [5.74, 6) is -2.66. The van der Waals surface area contributed by atoms with Crippen LogP contribution in [0.2, 0.25) is 0 Å². The lowest BCUT2D eigenvalue weighted by molar-refractivity contribution is -0.157.